The number of pyridine rings is 1. The summed E-state index contributed by atoms with van der Waals surface area (Å²) in [5.74, 6) is -0.237. The molecular formula is C11H13I2NO2. The fraction of sp³-hybridized carbons (Fsp3) is 0.455. The molecule has 3 nitrogen and oxygen atoms in total. The molecule has 88 valence electrons. The smallest absolute Gasteiger partial charge is 0.312 e. The maximum Gasteiger partial charge on any atom is 0.312 e. The summed E-state index contributed by atoms with van der Waals surface area (Å²) in [6.45, 7) is 5.58. The lowest BCUT2D eigenvalue weighted by molar-refractivity contribution is -0.154. The van der Waals surface area contributed by atoms with Gasteiger partial charge in [0.05, 0.1) is 12.1 Å². The third-order valence-corrected chi connectivity index (χ3v) is 3.14. The van der Waals surface area contributed by atoms with Gasteiger partial charge in [-0.25, -0.2) is 0 Å². The van der Waals surface area contributed by atoms with E-state index in [1.54, 1.807) is 6.20 Å². The summed E-state index contributed by atoms with van der Waals surface area (Å²) in [4.78, 5) is 15.8. The van der Waals surface area contributed by atoms with Gasteiger partial charge in [0.1, 0.15) is 5.60 Å². The second-order valence-electron chi connectivity index (χ2n) is 4.35. The largest absolute Gasteiger partial charge is 0.460 e. The predicted molar refractivity (Wildman–Crippen MR) is 79.2 cm³/mol. The van der Waals surface area contributed by atoms with Crippen LogP contribution in [-0.4, -0.2) is 16.6 Å². The Hall–Kier alpha value is 0.0800. The van der Waals surface area contributed by atoms with Gasteiger partial charge in [-0.05, 0) is 72.0 Å². The lowest BCUT2D eigenvalue weighted by atomic mass is 10.2. The molecule has 0 unspecified atom stereocenters. The Labute approximate surface area is 123 Å². The second kappa shape index (κ2) is 5.61. The Balaban J connectivity index is 2.70. The van der Waals surface area contributed by atoms with Crippen molar-refractivity contribution in [2.24, 2.45) is 0 Å². The van der Waals surface area contributed by atoms with Crippen LogP contribution in [0.3, 0.4) is 0 Å². The van der Waals surface area contributed by atoms with Crippen LogP contribution in [0, 0.1) is 7.14 Å². The Bertz CT molecular complexity index is 399. The molecule has 0 fully saturated rings. The maximum absolute atomic E-state index is 11.6. The molecule has 0 N–H and O–H groups in total. The molecule has 0 saturated heterocycles. The lowest BCUT2D eigenvalue weighted by Crippen LogP contribution is -2.25. The molecule has 1 aromatic rings. The number of carbonyl (C=O) groups is 1. The van der Waals surface area contributed by atoms with Crippen molar-refractivity contribution < 1.29 is 9.53 Å². The van der Waals surface area contributed by atoms with Crippen molar-refractivity contribution in [1.29, 1.82) is 0 Å². The van der Waals surface area contributed by atoms with Gasteiger partial charge in [0.15, 0.2) is 0 Å². The van der Waals surface area contributed by atoms with Crippen molar-refractivity contribution in [3.05, 3.63) is 25.1 Å². The zero-order valence-electron chi connectivity index (χ0n) is 9.38. The summed E-state index contributed by atoms with van der Waals surface area (Å²) >= 11 is 4.38. The minimum absolute atomic E-state index is 0.229. The molecule has 1 rings (SSSR count). The molecule has 0 aliphatic rings. The van der Waals surface area contributed by atoms with Gasteiger partial charge in [-0.2, -0.15) is 0 Å². The SMILES string of the molecule is CC(C)(C)OC(=O)Cc1ncc(I)cc1I. The van der Waals surface area contributed by atoms with E-state index in [0.29, 0.717) is 0 Å². The minimum Gasteiger partial charge on any atom is -0.460 e. The first-order valence-corrected chi connectivity index (χ1v) is 6.95. The van der Waals surface area contributed by atoms with E-state index in [1.165, 1.54) is 0 Å². The normalized spacial score (nSPS) is 11.3. The zero-order valence-corrected chi connectivity index (χ0v) is 13.7. The summed E-state index contributed by atoms with van der Waals surface area (Å²) in [6.07, 6.45) is 1.98. The van der Waals surface area contributed by atoms with Gasteiger partial charge < -0.3 is 4.74 Å². The van der Waals surface area contributed by atoms with Crippen molar-refractivity contribution in [2.45, 2.75) is 32.8 Å². The maximum atomic E-state index is 11.6. The summed E-state index contributed by atoms with van der Waals surface area (Å²) < 4.78 is 7.30. The highest BCUT2D eigenvalue weighted by atomic mass is 127. The first kappa shape index (κ1) is 14.1. The highest BCUT2D eigenvalue weighted by molar-refractivity contribution is 14.1. The molecule has 5 heteroatoms. The van der Waals surface area contributed by atoms with Crippen LogP contribution >= 0.6 is 45.2 Å². The van der Waals surface area contributed by atoms with Gasteiger partial charge >= 0.3 is 5.97 Å². The minimum atomic E-state index is -0.439. The van der Waals surface area contributed by atoms with Gasteiger partial charge in [0.2, 0.25) is 0 Å². The third kappa shape index (κ3) is 4.94. The van der Waals surface area contributed by atoms with E-state index in [1.807, 2.05) is 26.8 Å². The zero-order chi connectivity index (χ0) is 12.3. The fourth-order valence-corrected chi connectivity index (χ4v) is 2.80. The molecule has 0 amide bonds. The van der Waals surface area contributed by atoms with Crippen LogP contribution < -0.4 is 0 Å². The van der Waals surface area contributed by atoms with E-state index in [4.69, 9.17) is 4.74 Å². The van der Waals surface area contributed by atoms with Crippen molar-refractivity contribution >= 4 is 51.2 Å². The average molecular weight is 445 g/mol. The van der Waals surface area contributed by atoms with Crippen LogP contribution in [0.5, 0.6) is 0 Å². The third-order valence-electron chi connectivity index (χ3n) is 1.62. The van der Waals surface area contributed by atoms with Gasteiger partial charge in [0.25, 0.3) is 0 Å². The number of carbonyl (C=O) groups excluding carboxylic acids is 1. The monoisotopic (exact) mass is 445 g/mol. The summed E-state index contributed by atoms with van der Waals surface area (Å²) in [6, 6.07) is 1.99. The number of esters is 1. The van der Waals surface area contributed by atoms with Crippen LogP contribution in [0.2, 0.25) is 0 Å². The molecule has 0 aliphatic carbocycles. The number of rotatable bonds is 2. The molecule has 0 aliphatic heterocycles. The number of hydrogen-bond donors (Lipinski definition) is 0. The molecule has 0 radical (unpaired) electrons. The number of nitrogens with zero attached hydrogens (tertiary/aromatic N) is 1. The second-order valence-corrected chi connectivity index (χ2v) is 6.75. The highest BCUT2D eigenvalue weighted by Crippen LogP contribution is 2.15. The van der Waals surface area contributed by atoms with Crippen LogP contribution in [0.25, 0.3) is 0 Å². The van der Waals surface area contributed by atoms with Crippen molar-refractivity contribution in [3.63, 3.8) is 0 Å². The van der Waals surface area contributed by atoms with Gasteiger partial charge in [-0.1, -0.05) is 0 Å². The molecule has 0 saturated carbocycles. The Morgan fingerprint density at radius 3 is 2.56 bits per heavy atom. The van der Waals surface area contributed by atoms with Crippen molar-refractivity contribution in [1.82, 2.24) is 4.98 Å². The molecule has 0 aromatic carbocycles. The number of hydrogen-bond acceptors (Lipinski definition) is 3. The van der Waals surface area contributed by atoms with Crippen molar-refractivity contribution in [2.75, 3.05) is 0 Å². The quantitative estimate of drug-likeness (QED) is 0.519. The number of halogens is 2. The van der Waals surface area contributed by atoms with Crippen LogP contribution in [0.1, 0.15) is 26.5 Å². The first-order valence-electron chi connectivity index (χ1n) is 4.80. The van der Waals surface area contributed by atoms with Crippen molar-refractivity contribution in [3.8, 4) is 0 Å². The Morgan fingerprint density at radius 2 is 2.06 bits per heavy atom. The van der Waals surface area contributed by atoms with E-state index >= 15 is 0 Å². The topological polar surface area (TPSA) is 39.2 Å². The van der Waals surface area contributed by atoms with E-state index in [-0.39, 0.29) is 12.4 Å². The van der Waals surface area contributed by atoms with Crippen LogP contribution in [0.4, 0.5) is 0 Å². The van der Waals surface area contributed by atoms with E-state index in [0.717, 1.165) is 12.8 Å². The van der Waals surface area contributed by atoms with Crippen LogP contribution in [0.15, 0.2) is 12.3 Å². The molecule has 0 bridgehead atoms. The Morgan fingerprint density at radius 1 is 1.44 bits per heavy atom. The molecule has 0 spiro atoms. The average Bonchev–Trinajstić information content (AvgIpc) is 2.06. The molecule has 16 heavy (non-hydrogen) atoms. The molecular weight excluding hydrogens is 432 g/mol. The fourth-order valence-electron chi connectivity index (χ4n) is 1.09. The van der Waals surface area contributed by atoms with E-state index < -0.39 is 5.60 Å². The summed E-state index contributed by atoms with van der Waals surface area (Å²) in [7, 11) is 0. The van der Waals surface area contributed by atoms with E-state index in [9.17, 15) is 4.79 Å². The van der Waals surface area contributed by atoms with E-state index in [2.05, 4.69) is 50.2 Å². The molecule has 0 atom stereocenters. The lowest BCUT2D eigenvalue weighted by Gasteiger charge is -2.19. The van der Waals surface area contributed by atoms with Gasteiger partial charge in [0, 0.05) is 13.3 Å². The van der Waals surface area contributed by atoms with Gasteiger partial charge in [-0.15, -0.1) is 0 Å². The summed E-state index contributed by atoms with van der Waals surface area (Å²) in [5, 5.41) is 0. The van der Waals surface area contributed by atoms with Gasteiger partial charge in [-0.3, -0.25) is 9.78 Å². The predicted octanol–water partition coefficient (Wildman–Crippen LogP) is 3.18. The molecule has 1 heterocycles. The first-order chi connectivity index (χ1) is 7.28. The number of aromatic nitrogens is 1. The standard InChI is InChI=1S/C11H13I2NO2/c1-11(2,3)16-10(15)5-9-8(13)4-7(12)6-14-9/h4,6H,5H2,1-3H3. The Kier molecular flexibility index (Phi) is 4.96. The van der Waals surface area contributed by atoms with Crippen LogP contribution in [-0.2, 0) is 16.0 Å². The highest BCUT2D eigenvalue weighted by Gasteiger charge is 2.17. The number of ether oxygens (including phenoxy) is 1. The molecule has 1 aromatic heterocycles. The summed E-state index contributed by atoms with van der Waals surface area (Å²) in [5.41, 5.74) is 0.335.